The van der Waals surface area contributed by atoms with Crippen molar-refractivity contribution in [3.8, 4) is 0 Å². The Balaban J connectivity index is 2.06. The topological polar surface area (TPSA) is 50.9 Å². The number of nitrogens with zero attached hydrogens (tertiary/aromatic N) is 1. The molecule has 0 aliphatic heterocycles. The van der Waals surface area contributed by atoms with E-state index in [1.807, 2.05) is 30.0 Å². The largest absolute Gasteiger partial charge is 0.389 e. The number of thiocarbonyl (C=S) groups is 1. The number of fused-ring (bicyclic) bond motifs is 1. The van der Waals surface area contributed by atoms with Crippen LogP contribution in [-0.4, -0.2) is 27.5 Å². The van der Waals surface area contributed by atoms with Gasteiger partial charge in [-0.2, -0.15) is 11.8 Å². The lowest BCUT2D eigenvalue weighted by atomic mass is 10.1. The van der Waals surface area contributed by atoms with Gasteiger partial charge < -0.3 is 11.1 Å². The Labute approximate surface area is 134 Å². The SMILES string of the molecule is CSC1CCCC1Nc1c(C(N)=S)cnc2ccccc12. The van der Waals surface area contributed by atoms with E-state index in [0.29, 0.717) is 16.3 Å². The first-order valence-electron chi connectivity index (χ1n) is 7.17. The average Bonchev–Trinajstić information content (AvgIpc) is 2.94. The quantitative estimate of drug-likeness (QED) is 0.844. The minimum absolute atomic E-state index is 0.398. The number of benzene rings is 1. The highest BCUT2D eigenvalue weighted by molar-refractivity contribution is 7.99. The molecule has 3 nitrogen and oxygen atoms in total. The van der Waals surface area contributed by atoms with Crippen molar-refractivity contribution in [2.45, 2.75) is 30.6 Å². The molecule has 0 spiro atoms. The van der Waals surface area contributed by atoms with E-state index in [0.717, 1.165) is 22.2 Å². The van der Waals surface area contributed by atoms with E-state index in [4.69, 9.17) is 18.0 Å². The number of anilines is 1. The molecular weight excluding hydrogens is 298 g/mol. The molecule has 1 saturated carbocycles. The van der Waals surface area contributed by atoms with Gasteiger partial charge in [-0.05, 0) is 25.2 Å². The number of rotatable bonds is 4. The van der Waals surface area contributed by atoms with Crippen LogP contribution in [0.5, 0.6) is 0 Å². The van der Waals surface area contributed by atoms with Crippen molar-refractivity contribution in [1.82, 2.24) is 4.98 Å². The number of aromatic nitrogens is 1. The van der Waals surface area contributed by atoms with Gasteiger partial charge in [0.2, 0.25) is 0 Å². The molecule has 1 fully saturated rings. The monoisotopic (exact) mass is 317 g/mol. The molecular formula is C16H19N3S2. The maximum atomic E-state index is 5.89. The summed E-state index contributed by atoms with van der Waals surface area (Å²) >= 11 is 7.14. The summed E-state index contributed by atoms with van der Waals surface area (Å²) in [6, 6.07) is 8.60. The predicted octanol–water partition coefficient (Wildman–Crippen LogP) is 3.57. The molecule has 0 saturated heterocycles. The summed E-state index contributed by atoms with van der Waals surface area (Å²) in [4.78, 5) is 4.86. The lowest BCUT2D eigenvalue weighted by Crippen LogP contribution is -2.27. The standard InChI is InChI=1S/C16H19N3S2/c1-21-14-8-4-7-13(14)19-15-10-5-2-3-6-12(10)18-9-11(15)16(17)20/h2-3,5-6,9,13-14H,4,7-8H2,1H3,(H2,17,20)(H,18,19). The van der Waals surface area contributed by atoms with Gasteiger partial charge in [-0.15, -0.1) is 0 Å². The Kier molecular flexibility index (Phi) is 4.31. The second-order valence-corrected chi connectivity index (χ2v) is 6.90. The van der Waals surface area contributed by atoms with Gasteiger partial charge >= 0.3 is 0 Å². The fourth-order valence-electron chi connectivity index (χ4n) is 3.04. The van der Waals surface area contributed by atoms with Crippen LogP contribution in [0.25, 0.3) is 10.9 Å². The van der Waals surface area contributed by atoms with Crippen LogP contribution >= 0.6 is 24.0 Å². The van der Waals surface area contributed by atoms with Crippen LogP contribution in [0.15, 0.2) is 30.5 Å². The van der Waals surface area contributed by atoms with Gasteiger partial charge in [0.25, 0.3) is 0 Å². The maximum absolute atomic E-state index is 5.89. The zero-order chi connectivity index (χ0) is 14.8. The van der Waals surface area contributed by atoms with Gasteiger partial charge in [-0.25, -0.2) is 0 Å². The fourth-order valence-corrected chi connectivity index (χ4v) is 4.13. The van der Waals surface area contributed by atoms with Gasteiger partial charge in [0.1, 0.15) is 4.99 Å². The van der Waals surface area contributed by atoms with Crippen molar-refractivity contribution in [2.24, 2.45) is 5.73 Å². The summed E-state index contributed by atoms with van der Waals surface area (Å²) in [6.45, 7) is 0. The highest BCUT2D eigenvalue weighted by atomic mass is 32.2. The average molecular weight is 317 g/mol. The molecule has 0 amide bonds. The van der Waals surface area contributed by atoms with Crippen LogP contribution in [-0.2, 0) is 0 Å². The third kappa shape index (κ3) is 2.85. The minimum Gasteiger partial charge on any atom is -0.389 e. The number of nitrogens with two attached hydrogens (primary N) is 1. The molecule has 2 atom stereocenters. The molecule has 2 unspecified atom stereocenters. The fraction of sp³-hybridized carbons (Fsp3) is 0.375. The summed E-state index contributed by atoms with van der Waals surface area (Å²) in [7, 11) is 0. The highest BCUT2D eigenvalue weighted by Gasteiger charge is 2.27. The van der Waals surface area contributed by atoms with Crippen LogP contribution in [0, 0.1) is 0 Å². The molecule has 1 aromatic carbocycles. The second kappa shape index (κ2) is 6.20. The van der Waals surface area contributed by atoms with E-state index in [2.05, 4.69) is 22.6 Å². The number of thioether (sulfide) groups is 1. The molecule has 1 aliphatic rings. The molecule has 3 rings (SSSR count). The normalized spacial score (nSPS) is 21.6. The summed E-state index contributed by atoms with van der Waals surface area (Å²) in [5.41, 5.74) is 8.75. The summed E-state index contributed by atoms with van der Waals surface area (Å²) in [5.74, 6) is 0. The van der Waals surface area contributed by atoms with E-state index in [1.165, 1.54) is 19.3 Å². The Morgan fingerprint density at radius 3 is 2.95 bits per heavy atom. The van der Waals surface area contributed by atoms with Crippen LogP contribution < -0.4 is 11.1 Å². The predicted molar refractivity (Wildman–Crippen MR) is 96.2 cm³/mol. The van der Waals surface area contributed by atoms with E-state index in [1.54, 1.807) is 6.20 Å². The first-order valence-corrected chi connectivity index (χ1v) is 8.87. The van der Waals surface area contributed by atoms with Crippen LogP contribution in [0.1, 0.15) is 24.8 Å². The van der Waals surface area contributed by atoms with Crippen LogP contribution in [0.4, 0.5) is 5.69 Å². The molecule has 1 heterocycles. The van der Waals surface area contributed by atoms with E-state index < -0.39 is 0 Å². The van der Waals surface area contributed by atoms with Crippen molar-refractivity contribution < 1.29 is 0 Å². The van der Waals surface area contributed by atoms with Crippen molar-refractivity contribution in [3.05, 3.63) is 36.0 Å². The number of nitrogens with one attached hydrogen (secondary N) is 1. The molecule has 2 aromatic rings. The summed E-state index contributed by atoms with van der Waals surface area (Å²) in [6.07, 6.45) is 7.71. The lowest BCUT2D eigenvalue weighted by Gasteiger charge is -2.23. The van der Waals surface area contributed by atoms with E-state index >= 15 is 0 Å². The molecule has 110 valence electrons. The third-order valence-corrected chi connectivity index (χ3v) is 5.52. The number of hydrogen-bond donors (Lipinski definition) is 2. The first kappa shape index (κ1) is 14.6. The Morgan fingerprint density at radius 1 is 1.38 bits per heavy atom. The molecule has 21 heavy (non-hydrogen) atoms. The Morgan fingerprint density at radius 2 is 2.19 bits per heavy atom. The molecule has 1 aliphatic carbocycles. The van der Waals surface area contributed by atoms with E-state index in [-0.39, 0.29) is 0 Å². The molecule has 3 N–H and O–H groups in total. The minimum atomic E-state index is 0.398. The van der Waals surface area contributed by atoms with Gasteiger partial charge in [0.05, 0.1) is 16.8 Å². The molecule has 0 bridgehead atoms. The van der Waals surface area contributed by atoms with E-state index in [9.17, 15) is 0 Å². The summed E-state index contributed by atoms with van der Waals surface area (Å²) < 4.78 is 0. The molecule has 1 aromatic heterocycles. The van der Waals surface area contributed by atoms with Crippen molar-refractivity contribution in [3.63, 3.8) is 0 Å². The third-order valence-electron chi connectivity index (χ3n) is 4.13. The van der Waals surface area contributed by atoms with Gasteiger partial charge in [-0.3, -0.25) is 4.98 Å². The van der Waals surface area contributed by atoms with Crippen LogP contribution in [0.2, 0.25) is 0 Å². The van der Waals surface area contributed by atoms with Crippen molar-refractivity contribution in [2.75, 3.05) is 11.6 Å². The molecule has 0 radical (unpaired) electrons. The van der Waals surface area contributed by atoms with Gasteiger partial charge in [-0.1, -0.05) is 36.8 Å². The zero-order valence-electron chi connectivity index (χ0n) is 12.0. The first-order chi connectivity index (χ1) is 10.2. The lowest BCUT2D eigenvalue weighted by molar-refractivity contribution is 0.769. The second-order valence-electron chi connectivity index (χ2n) is 5.38. The number of para-hydroxylation sites is 1. The zero-order valence-corrected chi connectivity index (χ0v) is 13.6. The van der Waals surface area contributed by atoms with Gasteiger partial charge in [0, 0.05) is 22.9 Å². The Hall–Kier alpha value is -1.33. The maximum Gasteiger partial charge on any atom is 0.107 e. The number of hydrogen-bond acceptors (Lipinski definition) is 4. The number of pyridine rings is 1. The van der Waals surface area contributed by atoms with Gasteiger partial charge in [0.15, 0.2) is 0 Å². The van der Waals surface area contributed by atoms with Crippen LogP contribution in [0.3, 0.4) is 0 Å². The summed E-state index contributed by atoms with van der Waals surface area (Å²) in [5, 5.41) is 5.45. The van der Waals surface area contributed by atoms with Crippen molar-refractivity contribution >= 4 is 45.6 Å². The van der Waals surface area contributed by atoms with Crippen molar-refractivity contribution in [1.29, 1.82) is 0 Å². The smallest absolute Gasteiger partial charge is 0.107 e. The Bertz CT molecular complexity index is 672. The molecule has 5 heteroatoms. The highest BCUT2D eigenvalue weighted by Crippen LogP contribution is 2.34.